The van der Waals surface area contributed by atoms with E-state index in [1.807, 2.05) is 18.2 Å². The molecule has 0 spiro atoms. The van der Waals surface area contributed by atoms with E-state index in [0.29, 0.717) is 6.42 Å². The molecule has 0 amide bonds. The summed E-state index contributed by atoms with van der Waals surface area (Å²) in [5, 5.41) is 0.741. The average Bonchev–Trinajstić information content (AvgIpc) is 2.67. The third-order valence-electron chi connectivity index (χ3n) is 3.85. The lowest BCUT2D eigenvalue weighted by Gasteiger charge is -2.24. The second-order valence-corrected chi connectivity index (χ2v) is 6.96. The van der Waals surface area contributed by atoms with Crippen molar-refractivity contribution in [3.05, 3.63) is 24.4 Å². The first-order chi connectivity index (χ1) is 10.1. The predicted molar refractivity (Wildman–Crippen MR) is 81.8 cm³/mol. The molecule has 0 unspecified atom stereocenters. The fraction of sp³-hybridized carbons (Fsp3) is 0.562. The number of hydrogen-bond acceptors (Lipinski definition) is 5. The first kappa shape index (κ1) is 16.0. The minimum atomic E-state index is -0.863. The molecule has 0 N–H and O–H groups in total. The number of carbonyl (C=O) groups excluding carboxylic acids is 2. The van der Waals surface area contributed by atoms with E-state index in [0.717, 1.165) is 30.7 Å². The van der Waals surface area contributed by atoms with Gasteiger partial charge in [-0.2, -0.15) is 0 Å². The van der Waals surface area contributed by atoms with Crippen LogP contribution in [0.2, 0.25) is 0 Å². The molecule has 4 nitrogen and oxygen atoms in total. The van der Waals surface area contributed by atoms with Crippen LogP contribution in [0.3, 0.4) is 0 Å². The molecule has 0 bridgehead atoms. The number of esters is 2. The topological polar surface area (TPSA) is 56.3 Å². The van der Waals surface area contributed by atoms with E-state index in [4.69, 9.17) is 4.74 Å². The lowest BCUT2D eigenvalue weighted by atomic mass is 9.90. The number of aromatic nitrogens is 1. The van der Waals surface area contributed by atoms with Crippen molar-refractivity contribution < 1.29 is 14.3 Å². The van der Waals surface area contributed by atoms with Crippen molar-refractivity contribution in [1.29, 1.82) is 0 Å². The van der Waals surface area contributed by atoms with Crippen molar-refractivity contribution in [2.75, 3.05) is 0 Å². The van der Waals surface area contributed by atoms with Gasteiger partial charge in [-0.15, -0.1) is 0 Å². The van der Waals surface area contributed by atoms with Crippen LogP contribution in [0.1, 0.15) is 46.0 Å². The first-order valence-electron chi connectivity index (χ1n) is 7.44. The second kappa shape index (κ2) is 7.07. The van der Waals surface area contributed by atoms with E-state index in [9.17, 15) is 9.59 Å². The summed E-state index contributed by atoms with van der Waals surface area (Å²) in [7, 11) is 0. The second-order valence-electron chi connectivity index (χ2n) is 5.49. The molecular weight excluding hydrogens is 286 g/mol. The summed E-state index contributed by atoms with van der Waals surface area (Å²) < 4.78 is 4.03. The number of nitrogens with zero attached hydrogens (tertiary/aromatic N) is 1. The van der Waals surface area contributed by atoms with Crippen LogP contribution in [-0.4, -0.2) is 21.7 Å². The Balaban J connectivity index is 2.09. The van der Waals surface area contributed by atoms with Crippen molar-refractivity contribution in [3.63, 3.8) is 0 Å². The van der Waals surface area contributed by atoms with E-state index < -0.39 is 10.7 Å². The Morgan fingerprint density at radius 3 is 2.76 bits per heavy atom. The summed E-state index contributed by atoms with van der Waals surface area (Å²) in [6.07, 6.45) is 6.71. The minimum absolute atomic E-state index is 0.381. The Bertz CT molecular complexity index is 506. The normalized spacial score (nSPS) is 25.1. The van der Waals surface area contributed by atoms with Crippen molar-refractivity contribution in [2.45, 2.75) is 55.7 Å². The van der Waals surface area contributed by atoms with E-state index >= 15 is 0 Å². The summed E-state index contributed by atoms with van der Waals surface area (Å²) >= 11 is 1.33. The zero-order valence-electron chi connectivity index (χ0n) is 12.5. The van der Waals surface area contributed by atoms with Gasteiger partial charge in [0, 0.05) is 6.20 Å². The number of carbonyl (C=O) groups is 2. The van der Waals surface area contributed by atoms with Crippen molar-refractivity contribution in [3.8, 4) is 0 Å². The maximum atomic E-state index is 12.1. The maximum absolute atomic E-state index is 12.1. The van der Waals surface area contributed by atoms with Crippen LogP contribution in [0.4, 0.5) is 0 Å². The summed E-state index contributed by atoms with van der Waals surface area (Å²) in [6.45, 7) is 3.94. The highest BCUT2D eigenvalue weighted by Crippen LogP contribution is 2.45. The van der Waals surface area contributed by atoms with Gasteiger partial charge in [-0.1, -0.05) is 50.4 Å². The standard InChI is InChI=1S/C16H21NO3S/c1-3-4-5-6-9-12-14(18)20-15(19)16(12,2)21-13-10-7-8-11-17-13/h7-8,10-12H,3-6,9H2,1-2H3/t12-,16+/m0/s1. The van der Waals surface area contributed by atoms with Gasteiger partial charge in [0.15, 0.2) is 0 Å². The van der Waals surface area contributed by atoms with Crippen LogP contribution in [0, 0.1) is 5.92 Å². The van der Waals surface area contributed by atoms with Gasteiger partial charge in [-0.05, 0) is 25.5 Å². The van der Waals surface area contributed by atoms with E-state index in [1.54, 1.807) is 13.1 Å². The van der Waals surface area contributed by atoms with Crippen molar-refractivity contribution >= 4 is 23.7 Å². The van der Waals surface area contributed by atoms with Gasteiger partial charge in [0.05, 0.1) is 10.9 Å². The van der Waals surface area contributed by atoms with Crippen LogP contribution in [0.15, 0.2) is 29.4 Å². The highest BCUT2D eigenvalue weighted by molar-refractivity contribution is 8.01. The average molecular weight is 307 g/mol. The molecule has 1 aromatic heterocycles. The lowest BCUT2D eigenvalue weighted by Crippen LogP contribution is -2.34. The van der Waals surface area contributed by atoms with E-state index in [1.165, 1.54) is 11.8 Å². The fourth-order valence-electron chi connectivity index (χ4n) is 2.54. The number of ether oxygens (including phenoxy) is 1. The van der Waals surface area contributed by atoms with Crippen molar-refractivity contribution in [2.24, 2.45) is 5.92 Å². The van der Waals surface area contributed by atoms with E-state index in [-0.39, 0.29) is 11.9 Å². The summed E-state index contributed by atoms with van der Waals surface area (Å²) in [4.78, 5) is 28.3. The largest absolute Gasteiger partial charge is 0.392 e. The van der Waals surface area contributed by atoms with Crippen LogP contribution >= 0.6 is 11.8 Å². The molecule has 1 fully saturated rings. The predicted octanol–water partition coefficient (Wildman–Crippen LogP) is 3.60. The lowest BCUT2D eigenvalue weighted by molar-refractivity contribution is -0.153. The third-order valence-corrected chi connectivity index (χ3v) is 5.17. The Kier molecular flexibility index (Phi) is 5.39. The molecule has 1 aromatic rings. The molecule has 114 valence electrons. The number of pyridine rings is 1. The molecule has 0 radical (unpaired) electrons. The molecule has 0 saturated carbocycles. The summed E-state index contributed by atoms with van der Waals surface area (Å²) in [6, 6.07) is 5.55. The number of rotatable bonds is 7. The molecule has 5 heteroatoms. The molecule has 0 aromatic carbocycles. The molecule has 2 heterocycles. The van der Waals surface area contributed by atoms with Gasteiger partial charge in [0.1, 0.15) is 4.75 Å². The van der Waals surface area contributed by atoms with Gasteiger partial charge in [0.2, 0.25) is 0 Å². The minimum Gasteiger partial charge on any atom is -0.392 e. The third kappa shape index (κ3) is 3.64. The number of hydrogen-bond donors (Lipinski definition) is 0. The first-order valence-corrected chi connectivity index (χ1v) is 8.25. The SMILES string of the molecule is CCCCCC[C@H]1C(=O)OC(=O)[C@]1(C)Sc1ccccn1. The highest BCUT2D eigenvalue weighted by atomic mass is 32.2. The van der Waals surface area contributed by atoms with Gasteiger partial charge in [-0.3, -0.25) is 9.59 Å². The van der Waals surface area contributed by atoms with Crippen molar-refractivity contribution in [1.82, 2.24) is 4.98 Å². The maximum Gasteiger partial charge on any atom is 0.330 e. The molecule has 0 aliphatic carbocycles. The van der Waals surface area contributed by atoms with Gasteiger partial charge in [-0.25, -0.2) is 4.98 Å². The Hall–Kier alpha value is -1.36. The monoisotopic (exact) mass is 307 g/mol. The fourth-order valence-corrected chi connectivity index (χ4v) is 3.71. The molecule has 1 saturated heterocycles. The van der Waals surface area contributed by atoms with Crippen LogP contribution in [-0.2, 0) is 14.3 Å². The summed E-state index contributed by atoms with van der Waals surface area (Å²) in [5.74, 6) is -1.21. The molecule has 21 heavy (non-hydrogen) atoms. The highest BCUT2D eigenvalue weighted by Gasteiger charge is 2.55. The number of unbranched alkanes of at least 4 members (excludes halogenated alkanes) is 3. The summed E-state index contributed by atoms with van der Waals surface area (Å²) in [5.41, 5.74) is 0. The molecule has 2 atom stereocenters. The molecule has 1 aliphatic heterocycles. The number of thioether (sulfide) groups is 1. The number of cyclic esters (lactones) is 2. The van der Waals surface area contributed by atoms with Gasteiger partial charge in [0.25, 0.3) is 0 Å². The van der Waals surface area contributed by atoms with E-state index in [2.05, 4.69) is 11.9 Å². The molecule has 2 rings (SSSR count). The molecule has 1 aliphatic rings. The van der Waals surface area contributed by atoms with Crippen LogP contribution in [0.5, 0.6) is 0 Å². The van der Waals surface area contributed by atoms with Gasteiger partial charge >= 0.3 is 11.9 Å². The van der Waals surface area contributed by atoms with Gasteiger partial charge < -0.3 is 4.74 Å². The quantitative estimate of drug-likeness (QED) is 0.437. The Labute approximate surface area is 129 Å². The Morgan fingerprint density at radius 1 is 1.29 bits per heavy atom. The zero-order valence-corrected chi connectivity index (χ0v) is 13.3. The van der Waals surface area contributed by atoms with Crippen LogP contribution < -0.4 is 0 Å². The smallest absolute Gasteiger partial charge is 0.330 e. The zero-order chi connectivity index (χ0) is 15.3. The molecular formula is C16H21NO3S. The Morgan fingerprint density at radius 2 is 2.10 bits per heavy atom. The van der Waals surface area contributed by atoms with Crippen LogP contribution in [0.25, 0.3) is 0 Å².